The van der Waals surface area contributed by atoms with Crippen LogP contribution in [0.15, 0.2) is 12.7 Å². The normalized spacial score (nSPS) is 20.4. The Balaban J connectivity index is 0.00000140. The maximum atomic E-state index is 12.6. The van der Waals surface area contributed by atoms with E-state index < -0.39 is 126 Å². The van der Waals surface area contributed by atoms with Crippen molar-refractivity contribution in [1.82, 2.24) is 30.2 Å². The molecule has 1 saturated heterocycles. The second-order valence-corrected chi connectivity index (χ2v) is 18.9. The van der Waals surface area contributed by atoms with E-state index in [1.165, 1.54) is 20.8 Å². The van der Waals surface area contributed by atoms with Crippen molar-refractivity contribution in [3.05, 3.63) is 12.7 Å². The molecule has 0 radical (unpaired) electrons. The zero-order valence-corrected chi connectivity index (χ0v) is 36.8. The number of aromatic nitrogens is 4. The molecule has 64 heavy (non-hydrogen) atoms. The molecule has 2 aromatic rings. The molecule has 3 rings (SSSR count). The molecule has 0 spiro atoms. The van der Waals surface area contributed by atoms with E-state index in [0.717, 1.165) is 29.0 Å². The number of ether oxygens (including phenoxy) is 1. The molecule has 31 nitrogen and oxygen atoms in total. The third-order valence-electron chi connectivity index (χ3n) is 8.02. The quantitative estimate of drug-likeness (QED) is 0.0224. The van der Waals surface area contributed by atoms with Crippen molar-refractivity contribution in [3.63, 3.8) is 0 Å². The van der Waals surface area contributed by atoms with Crippen molar-refractivity contribution in [2.75, 3.05) is 37.8 Å². The van der Waals surface area contributed by atoms with Crippen LogP contribution in [0.4, 0.5) is 5.82 Å². The number of carboxylic acid groups (broad SMARTS) is 3. The largest absolute Gasteiger partial charge is 0.481 e. The van der Waals surface area contributed by atoms with Gasteiger partial charge in [0.2, 0.25) is 16.9 Å². The lowest BCUT2D eigenvalue weighted by molar-refractivity contribution is -0.152. The number of nitrogens with zero attached hydrogens (tertiary/aromatic N) is 4. The molecule has 1 aliphatic heterocycles. The molecule has 1 aliphatic rings. The van der Waals surface area contributed by atoms with Crippen LogP contribution in [0.2, 0.25) is 0 Å². The van der Waals surface area contributed by atoms with Gasteiger partial charge in [0.1, 0.15) is 48.6 Å². The van der Waals surface area contributed by atoms with Crippen LogP contribution in [-0.2, 0) is 69.9 Å². The van der Waals surface area contributed by atoms with Crippen LogP contribution < -0.4 is 16.4 Å². The molecule has 13 N–H and O–H groups in total. The standard InChI is InChI=1S/C25H40N7O19P3S.C4H4O5/c1-12(23(37)38)24(39)55-7-6-27-14(33)4-5-28-21(36)18(35)25(2,3)9-48-54(45,46)51-53(43,44)47-8-13-17(50-52(40,41)42)16(34)22(49-13)32-11-31-15-19(26)29-10-30-20(15)32;5-2(4(8)9)1-3(6)7/h10-13,16-18,22,34-35H,4-9H2,1-3H3,(H,27,33)(H,28,36)(H,37,38)(H,43,44)(H,45,46)(H2,26,29,30)(H2,40,41,42);1H2,(H,6,7)(H,8,9)/t12?,13-,16-,17-,18+,22-;/m1./s1. The van der Waals surface area contributed by atoms with Crippen LogP contribution in [0.1, 0.15) is 39.8 Å². The number of hydrogen-bond acceptors (Lipinski definition) is 22. The van der Waals surface area contributed by atoms with Crippen molar-refractivity contribution in [3.8, 4) is 0 Å². The molecule has 3 heterocycles. The van der Waals surface area contributed by atoms with Crippen molar-refractivity contribution in [2.24, 2.45) is 11.3 Å². The monoisotopic (exact) mass is 999 g/mol. The second kappa shape index (κ2) is 23.7. The number of amides is 2. The second-order valence-electron chi connectivity index (χ2n) is 13.6. The van der Waals surface area contributed by atoms with E-state index in [0.29, 0.717) is 0 Å². The lowest BCUT2D eigenvalue weighted by Gasteiger charge is -2.30. The molecular formula is C29H44N7O24P3S. The number of hydrogen-bond donors (Lipinski definition) is 12. The summed E-state index contributed by atoms with van der Waals surface area (Å²) < 4.78 is 61.9. The van der Waals surface area contributed by atoms with Gasteiger partial charge in [-0.2, -0.15) is 4.31 Å². The smallest absolute Gasteiger partial charge is 0.481 e. The molecule has 2 aromatic heterocycles. The highest BCUT2D eigenvalue weighted by Crippen LogP contribution is 2.61. The van der Waals surface area contributed by atoms with Gasteiger partial charge in [0.15, 0.2) is 17.7 Å². The molecule has 1 fully saturated rings. The van der Waals surface area contributed by atoms with E-state index in [1.807, 2.05) is 0 Å². The molecule has 0 aromatic carbocycles. The van der Waals surface area contributed by atoms with Crippen molar-refractivity contribution < 1.29 is 115 Å². The van der Waals surface area contributed by atoms with E-state index in [9.17, 15) is 77.0 Å². The fraction of sp³-hybridized carbons (Fsp3) is 0.586. The number of nitrogen functional groups attached to an aromatic ring is 1. The third kappa shape index (κ3) is 17.9. The maximum absolute atomic E-state index is 12.6. The number of rotatable bonds is 24. The van der Waals surface area contributed by atoms with Gasteiger partial charge in [0.05, 0.1) is 19.5 Å². The predicted molar refractivity (Wildman–Crippen MR) is 209 cm³/mol. The van der Waals surface area contributed by atoms with Gasteiger partial charge < -0.3 is 66.2 Å². The number of ketones is 1. The first-order valence-electron chi connectivity index (χ1n) is 17.6. The van der Waals surface area contributed by atoms with Gasteiger partial charge in [-0.15, -0.1) is 0 Å². The molecular weight excluding hydrogens is 955 g/mol. The van der Waals surface area contributed by atoms with Crippen LogP contribution in [0.5, 0.6) is 0 Å². The zero-order chi connectivity index (χ0) is 49.0. The van der Waals surface area contributed by atoms with Gasteiger partial charge in [-0.05, 0) is 6.92 Å². The summed E-state index contributed by atoms with van der Waals surface area (Å²) in [7, 11) is -16.4. The van der Waals surface area contributed by atoms with E-state index in [4.69, 9.17) is 34.8 Å². The van der Waals surface area contributed by atoms with Crippen LogP contribution in [0.25, 0.3) is 11.2 Å². The number of fused-ring (bicyclic) bond motifs is 1. The number of carbonyl (C=O) groups is 7. The molecule has 360 valence electrons. The van der Waals surface area contributed by atoms with E-state index >= 15 is 0 Å². The fourth-order valence-corrected chi connectivity index (χ4v) is 8.31. The SMILES string of the molecule is CC(C(=O)O)C(=O)SCCNC(=O)CCNC(=O)[C@H](O)C(C)(C)COP(=O)(O)OP(=O)(O)OC[C@H]1O[C@@H](n2cnc3c(N)ncnc32)[C@H](O)[C@@H]1OP(=O)(O)O.O=C(O)CC(=O)C(=O)O. The molecule has 2 amide bonds. The van der Waals surface area contributed by atoms with Crippen molar-refractivity contribution >= 4 is 92.8 Å². The number of nitrogens with one attached hydrogen (secondary N) is 2. The average molecular weight is 1000 g/mol. The number of phosphoric ester groups is 3. The minimum absolute atomic E-state index is 0.0183. The number of anilines is 1. The number of Topliss-reactive ketones (excluding diaryl/α,β-unsaturated/α-hetero) is 1. The number of carboxylic acids is 3. The van der Waals surface area contributed by atoms with Crippen LogP contribution in [0.3, 0.4) is 0 Å². The lowest BCUT2D eigenvalue weighted by atomic mass is 9.87. The number of aliphatic hydroxyl groups is 2. The first-order chi connectivity index (χ1) is 29.4. The highest BCUT2D eigenvalue weighted by atomic mass is 32.2. The summed E-state index contributed by atoms with van der Waals surface area (Å²) >= 11 is 0.726. The van der Waals surface area contributed by atoms with Crippen molar-refractivity contribution in [2.45, 2.75) is 64.3 Å². The summed E-state index contributed by atoms with van der Waals surface area (Å²) in [6.45, 7) is 1.35. The molecule has 0 aliphatic carbocycles. The van der Waals surface area contributed by atoms with E-state index in [-0.39, 0.29) is 42.2 Å². The average Bonchev–Trinajstić information content (AvgIpc) is 3.73. The Morgan fingerprint density at radius 3 is 2.16 bits per heavy atom. The number of aliphatic carboxylic acids is 3. The Morgan fingerprint density at radius 2 is 1.59 bits per heavy atom. The van der Waals surface area contributed by atoms with Gasteiger partial charge in [0, 0.05) is 30.7 Å². The fourth-order valence-electron chi connectivity index (χ4n) is 4.72. The minimum atomic E-state index is -5.59. The molecule has 0 saturated carbocycles. The molecule has 0 bridgehead atoms. The third-order valence-corrected chi connectivity index (χ3v) is 12.2. The molecule has 3 unspecified atom stereocenters. The lowest BCUT2D eigenvalue weighted by Crippen LogP contribution is -2.46. The van der Waals surface area contributed by atoms with Crippen molar-refractivity contribution in [1.29, 1.82) is 0 Å². The molecule has 35 heteroatoms. The first kappa shape index (κ1) is 55.8. The number of aliphatic hydroxyl groups excluding tert-OH is 2. The Labute approximate surface area is 363 Å². The van der Waals surface area contributed by atoms with Crippen LogP contribution >= 0.6 is 35.2 Å². The van der Waals surface area contributed by atoms with Gasteiger partial charge >= 0.3 is 41.4 Å². The molecule has 8 atom stereocenters. The van der Waals surface area contributed by atoms with Crippen LogP contribution in [0, 0.1) is 11.3 Å². The Morgan fingerprint density at radius 1 is 0.969 bits per heavy atom. The zero-order valence-electron chi connectivity index (χ0n) is 33.3. The van der Waals surface area contributed by atoms with E-state index in [1.54, 1.807) is 0 Å². The number of thioether (sulfide) groups is 1. The first-order valence-corrected chi connectivity index (χ1v) is 23.1. The predicted octanol–water partition coefficient (Wildman–Crippen LogP) is -2.50. The maximum Gasteiger partial charge on any atom is 0.481 e. The minimum Gasteiger partial charge on any atom is -0.481 e. The summed E-state index contributed by atoms with van der Waals surface area (Å²) in [6.07, 6.45) is -8.07. The summed E-state index contributed by atoms with van der Waals surface area (Å²) in [5, 5.41) is 50.0. The summed E-state index contributed by atoms with van der Waals surface area (Å²) in [5.41, 5.74) is 4.19. The number of nitrogens with two attached hydrogens (primary N) is 1. The highest BCUT2D eigenvalue weighted by molar-refractivity contribution is 8.13. The Kier molecular flexibility index (Phi) is 20.7. The van der Waals surface area contributed by atoms with Crippen LogP contribution in [-0.4, -0.2) is 162 Å². The van der Waals surface area contributed by atoms with Gasteiger partial charge in [-0.3, -0.25) is 46.9 Å². The topological polar surface area (TPSA) is 493 Å². The number of imidazole rings is 1. The number of carbonyl (C=O) groups excluding carboxylic acids is 4. The Bertz CT molecular complexity index is 2190. The summed E-state index contributed by atoms with van der Waals surface area (Å²) in [4.78, 5) is 127. The van der Waals surface area contributed by atoms with Gasteiger partial charge in [-0.25, -0.2) is 33.4 Å². The van der Waals surface area contributed by atoms with E-state index in [2.05, 4.69) is 34.4 Å². The highest BCUT2D eigenvalue weighted by Gasteiger charge is 2.50. The summed E-state index contributed by atoms with van der Waals surface area (Å²) in [5.74, 6) is -8.46. The van der Waals surface area contributed by atoms with Gasteiger partial charge in [-0.1, -0.05) is 25.6 Å². The number of phosphoric acid groups is 3. The van der Waals surface area contributed by atoms with Gasteiger partial charge in [0.25, 0.3) is 5.78 Å². The Hall–Kier alpha value is -4.36. The summed E-state index contributed by atoms with van der Waals surface area (Å²) in [6, 6.07) is 0.